The lowest BCUT2D eigenvalue weighted by Gasteiger charge is -2.20. The van der Waals surface area contributed by atoms with E-state index in [1.807, 2.05) is 7.05 Å². The fourth-order valence-electron chi connectivity index (χ4n) is 2.23. The molecule has 3 heteroatoms. The monoisotopic (exact) mass is 226 g/mol. The summed E-state index contributed by atoms with van der Waals surface area (Å²) in [5.74, 6) is 0.381. The molecule has 94 valence electrons. The summed E-state index contributed by atoms with van der Waals surface area (Å²) in [5.41, 5.74) is 0. The summed E-state index contributed by atoms with van der Waals surface area (Å²) in [5, 5.41) is 3.13. The molecule has 0 bridgehead atoms. The van der Waals surface area contributed by atoms with E-state index >= 15 is 0 Å². The molecule has 0 atom stereocenters. The highest BCUT2D eigenvalue weighted by atomic mass is 16.2. The van der Waals surface area contributed by atoms with Crippen LogP contribution in [0.1, 0.15) is 51.4 Å². The minimum atomic E-state index is 0.381. The van der Waals surface area contributed by atoms with E-state index in [2.05, 4.69) is 10.2 Å². The highest BCUT2D eigenvalue weighted by Crippen LogP contribution is 2.12. The Morgan fingerprint density at radius 3 is 2.38 bits per heavy atom. The molecule has 1 aliphatic heterocycles. The van der Waals surface area contributed by atoms with Gasteiger partial charge in [0.2, 0.25) is 5.91 Å². The second-order valence-electron chi connectivity index (χ2n) is 4.71. The van der Waals surface area contributed by atoms with E-state index in [9.17, 15) is 4.79 Å². The molecule has 0 unspecified atom stereocenters. The number of likely N-dealkylation sites (tertiary alicyclic amines) is 1. The molecule has 1 fully saturated rings. The van der Waals surface area contributed by atoms with Crippen molar-refractivity contribution in [2.24, 2.45) is 0 Å². The van der Waals surface area contributed by atoms with E-state index in [0.29, 0.717) is 5.91 Å². The van der Waals surface area contributed by atoms with Gasteiger partial charge in [0.1, 0.15) is 0 Å². The topological polar surface area (TPSA) is 32.3 Å². The van der Waals surface area contributed by atoms with Gasteiger partial charge in [0.05, 0.1) is 0 Å². The molecular weight excluding hydrogens is 200 g/mol. The Morgan fingerprint density at radius 2 is 1.75 bits per heavy atom. The van der Waals surface area contributed by atoms with Crippen molar-refractivity contribution < 1.29 is 4.79 Å². The average Bonchev–Trinajstić information content (AvgIpc) is 2.57. The minimum Gasteiger partial charge on any atom is -0.343 e. The summed E-state index contributed by atoms with van der Waals surface area (Å²) in [4.78, 5) is 14.0. The first kappa shape index (κ1) is 13.5. The molecule has 0 aromatic carbocycles. The highest BCUT2D eigenvalue weighted by molar-refractivity contribution is 5.76. The van der Waals surface area contributed by atoms with Crippen LogP contribution in [-0.2, 0) is 4.79 Å². The Kier molecular flexibility index (Phi) is 7.23. The molecule has 1 heterocycles. The van der Waals surface area contributed by atoms with E-state index in [-0.39, 0.29) is 0 Å². The lowest BCUT2D eigenvalue weighted by atomic mass is 10.1. The van der Waals surface area contributed by atoms with Gasteiger partial charge in [-0.15, -0.1) is 0 Å². The molecule has 0 spiro atoms. The number of rotatable bonds is 6. The number of carbonyl (C=O) groups is 1. The van der Waals surface area contributed by atoms with Gasteiger partial charge in [-0.2, -0.15) is 0 Å². The summed E-state index contributed by atoms with van der Waals surface area (Å²) in [7, 11) is 1.97. The number of nitrogens with one attached hydrogen (secondary N) is 1. The van der Waals surface area contributed by atoms with Crippen LogP contribution in [0.15, 0.2) is 0 Å². The summed E-state index contributed by atoms with van der Waals surface area (Å²) in [6.45, 7) is 3.06. The lowest BCUT2D eigenvalue weighted by molar-refractivity contribution is -0.131. The molecule has 3 nitrogen and oxygen atoms in total. The first-order chi connectivity index (χ1) is 7.84. The molecule has 0 aliphatic carbocycles. The van der Waals surface area contributed by atoms with Gasteiger partial charge in [0, 0.05) is 19.5 Å². The number of unbranched alkanes of at least 4 members (excludes halogenated alkanes) is 2. The molecule has 1 aliphatic rings. The van der Waals surface area contributed by atoms with Crippen LogP contribution in [-0.4, -0.2) is 37.5 Å². The third-order valence-corrected chi connectivity index (χ3v) is 3.28. The van der Waals surface area contributed by atoms with Crippen LogP contribution in [0.4, 0.5) is 0 Å². The van der Waals surface area contributed by atoms with Gasteiger partial charge in [-0.1, -0.05) is 19.3 Å². The molecule has 0 radical (unpaired) electrons. The van der Waals surface area contributed by atoms with Gasteiger partial charge in [-0.25, -0.2) is 0 Å². The normalized spacial score (nSPS) is 17.2. The Balaban J connectivity index is 2.08. The van der Waals surface area contributed by atoms with Crippen LogP contribution in [0.2, 0.25) is 0 Å². The second-order valence-corrected chi connectivity index (χ2v) is 4.71. The van der Waals surface area contributed by atoms with E-state index in [0.717, 1.165) is 32.5 Å². The SMILES string of the molecule is CNCCCCCC(=O)N1CCCCCC1. The van der Waals surface area contributed by atoms with Crippen molar-refractivity contribution in [2.45, 2.75) is 51.4 Å². The quantitative estimate of drug-likeness (QED) is 0.704. The zero-order chi connectivity index (χ0) is 11.6. The van der Waals surface area contributed by atoms with E-state index in [4.69, 9.17) is 0 Å². The Labute approximate surface area is 99.6 Å². The van der Waals surface area contributed by atoms with Crippen LogP contribution >= 0.6 is 0 Å². The fourth-order valence-corrected chi connectivity index (χ4v) is 2.23. The number of hydrogen-bond donors (Lipinski definition) is 1. The Bertz CT molecular complexity index is 186. The molecule has 1 amide bonds. The van der Waals surface area contributed by atoms with Crippen molar-refractivity contribution in [1.82, 2.24) is 10.2 Å². The van der Waals surface area contributed by atoms with Crippen LogP contribution < -0.4 is 5.32 Å². The van der Waals surface area contributed by atoms with E-state index < -0.39 is 0 Å². The zero-order valence-corrected chi connectivity index (χ0v) is 10.6. The van der Waals surface area contributed by atoms with Gasteiger partial charge in [0.25, 0.3) is 0 Å². The van der Waals surface area contributed by atoms with E-state index in [1.165, 1.54) is 38.5 Å². The summed E-state index contributed by atoms with van der Waals surface area (Å²) >= 11 is 0. The maximum absolute atomic E-state index is 11.9. The smallest absolute Gasteiger partial charge is 0.222 e. The van der Waals surface area contributed by atoms with Gasteiger partial charge in [0.15, 0.2) is 0 Å². The van der Waals surface area contributed by atoms with Crippen molar-refractivity contribution >= 4 is 5.91 Å². The number of carbonyl (C=O) groups excluding carboxylic acids is 1. The van der Waals surface area contributed by atoms with Crippen molar-refractivity contribution in [3.63, 3.8) is 0 Å². The number of amides is 1. The van der Waals surface area contributed by atoms with Crippen LogP contribution in [0, 0.1) is 0 Å². The molecule has 0 aromatic heterocycles. The second kappa shape index (κ2) is 8.57. The number of nitrogens with zero attached hydrogens (tertiary/aromatic N) is 1. The molecule has 16 heavy (non-hydrogen) atoms. The van der Waals surface area contributed by atoms with Gasteiger partial charge in [-0.3, -0.25) is 4.79 Å². The van der Waals surface area contributed by atoms with Gasteiger partial charge in [-0.05, 0) is 39.3 Å². The summed E-state index contributed by atoms with van der Waals surface area (Å²) < 4.78 is 0. The molecule has 0 saturated carbocycles. The lowest BCUT2D eigenvalue weighted by Crippen LogP contribution is -2.31. The van der Waals surface area contributed by atoms with Crippen LogP contribution in [0.5, 0.6) is 0 Å². The maximum Gasteiger partial charge on any atom is 0.222 e. The molecular formula is C13H26N2O. The third kappa shape index (κ3) is 5.50. The largest absolute Gasteiger partial charge is 0.343 e. The molecule has 1 saturated heterocycles. The maximum atomic E-state index is 11.9. The molecule has 1 N–H and O–H groups in total. The highest BCUT2D eigenvalue weighted by Gasteiger charge is 2.14. The zero-order valence-electron chi connectivity index (χ0n) is 10.6. The third-order valence-electron chi connectivity index (χ3n) is 3.28. The van der Waals surface area contributed by atoms with Crippen LogP contribution in [0.25, 0.3) is 0 Å². The molecule has 1 rings (SSSR count). The predicted octanol–water partition coefficient (Wildman–Crippen LogP) is 2.17. The fraction of sp³-hybridized carbons (Fsp3) is 0.923. The van der Waals surface area contributed by atoms with Crippen LogP contribution in [0.3, 0.4) is 0 Å². The van der Waals surface area contributed by atoms with Gasteiger partial charge >= 0.3 is 0 Å². The minimum absolute atomic E-state index is 0.381. The van der Waals surface area contributed by atoms with Crippen molar-refractivity contribution in [3.8, 4) is 0 Å². The Morgan fingerprint density at radius 1 is 1.06 bits per heavy atom. The predicted molar refractivity (Wildman–Crippen MR) is 67.4 cm³/mol. The van der Waals surface area contributed by atoms with Gasteiger partial charge < -0.3 is 10.2 Å². The number of hydrogen-bond acceptors (Lipinski definition) is 2. The first-order valence-corrected chi connectivity index (χ1v) is 6.77. The van der Waals surface area contributed by atoms with Crippen molar-refractivity contribution in [1.29, 1.82) is 0 Å². The Hall–Kier alpha value is -0.570. The molecule has 0 aromatic rings. The standard InChI is InChI=1S/C13H26N2O/c1-14-10-6-4-5-9-13(16)15-11-7-2-3-8-12-15/h14H,2-12H2,1H3. The average molecular weight is 226 g/mol. The van der Waals surface area contributed by atoms with E-state index in [1.54, 1.807) is 0 Å². The van der Waals surface area contributed by atoms with Crippen molar-refractivity contribution in [2.75, 3.05) is 26.7 Å². The van der Waals surface area contributed by atoms with Crippen molar-refractivity contribution in [3.05, 3.63) is 0 Å². The summed E-state index contributed by atoms with van der Waals surface area (Å²) in [6, 6.07) is 0. The first-order valence-electron chi connectivity index (χ1n) is 6.77. The summed E-state index contributed by atoms with van der Waals surface area (Å²) in [6.07, 6.45) is 9.15.